The van der Waals surface area contributed by atoms with E-state index in [2.05, 4.69) is 35.0 Å². The molecule has 5 aromatic rings. The second-order valence-corrected chi connectivity index (χ2v) is 7.05. The second-order valence-electron chi connectivity index (χ2n) is 7.05. The average Bonchev–Trinajstić information content (AvgIpc) is 3.50. The van der Waals surface area contributed by atoms with Crippen molar-refractivity contribution in [3.8, 4) is 22.8 Å². The molecule has 0 fully saturated rings. The fourth-order valence-corrected chi connectivity index (χ4v) is 3.24. The van der Waals surface area contributed by atoms with Gasteiger partial charge in [-0.15, -0.1) is 20.4 Å². The highest BCUT2D eigenvalue weighted by Crippen LogP contribution is 2.28. The van der Waals surface area contributed by atoms with Gasteiger partial charge in [0, 0.05) is 18.2 Å². The van der Waals surface area contributed by atoms with Crippen molar-refractivity contribution in [2.75, 3.05) is 5.73 Å². The van der Waals surface area contributed by atoms with Crippen molar-refractivity contribution >= 4 is 17.0 Å². The molecule has 3 heterocycles. The Balaban J connectivity index is 1.40. The molecule has 33 heavy (non-hydrogen) atoms. The van der Waals surface area contributed by atoms with Gasteiger partial charge in [0.1, 0.15) is 11.6 Å². The van der Waals surface area contributed by atoms with Crippen LogP contribution in [0.3, 0.4) is 0 Å². The third kappa shape index (κ3) is 3.64. The van der Waals surface area contributed by atoms with Crippen LogP contribution in [0, 0.1) is 11.6 Å². The number of hydrogen-bond acceptors (Lipinski definition) is 8. The normalized spacial score (nSPS) is 11.7. The number of anilines is 1. The minimum absolute atomic E-state index is 0.0956. The molecular weight excluding hydrogens is 446 g/mol. The zero-order valence-corrected chi connectivity index (χ0v) is 16.7. The van der Waals surface area contributed by atoms with E-state index in [1.807, 2.05) is 0 Å². The molecule has 0 atom stereocenters. The minimum Gasteiger partial charge on any atom is -0.415 e. The van der Waals surface area contributed by atoms with Crippen molar-refractivity contribution in [1.29, 1.82) is 0 Å². The van der Waals surface area contributed by atoms with E-state index >= 15 is 0 Å². The topological polar surface area (TPSA) is 126 Å². The van der Waals surface area contributed by atoms with Gasteiger partial charge in [-0.1, -0.05) is 0 Å². The van der Waals surface area contributed by atoms with E-state index in [4.69, 9.17) is 5.73 Å². The maximum atomic E-state index is 14.6. The number of aryl methyl sites for hydroxylation is 1. The number of benzene rings is 2. The molecular formula is C19H13F4N9O. The monoisotopic (exact) mass is 459 g/mol. The van der Waals surface area contributed by atoms with Crippen LogP contribution in [0.1, 0.15) is 17.9 Å². The summed E-state index contributed by atoms with van der Waals surface area (Å²) in [5.74, 6) is -2.71. The Morgan fingerprint density at radius 1 is 1.06 bits per heavy atom. The molecule has 3 aromatic heterocycles. The number of alkyl halides is 2. The molecule has 0 amide bonds. The largest absolute Gasteiger partial charge is 0.415 e. The van der Waals surface area contributed by atoms with Crippen molar-refractivity contribution in [3.63, 3.8) is 0 Å². The molecule has 0 radical (unpaired) electrons. The van der Waals surface area contributed by atoms with E-state index in [1.54, 1.807) is 29.8 Å². The predicted octanol–water partition coefficient (Wildman–Crippen LogP) is 3.12. The number of nitrogen functional groups attached to an aromatic ring is 1. The van der Waals surface area contributed by atoms with E-state index in [0.29, 0.717) is 17.0 Å². The van der Waals surface area contributed by atoms with Crippen molar-refractivity contribution in [2.24, 2.45) is 7.05 Å². The molecule has 0 bridgehead atoms. The van der Waals surface area contributed by atoms with Crippen molar-refractivity contribution in [3.05, 3.63) is 53.4 Å². The Labute approximate surface area is 181 Å². The van der Waals surface area contributed by atoms with Crippen LogP contribution < -0.4 is 5.73 Å². The third-order valence-corrected chi connectivity index (χ3v) is 4.93. The summed E-state index contributed by atoms with van der Waals surface area (Å²) in [6.07, 6.45) is -3.03. The first kappa shape index (κ1) is 20.5. The van der Waals surface area contributed by atoms with E-state index < -0.39 is 35.4 Å². The molecule has 0 aliphatic carbocycles. The number of nitrogens with two attached hydrogens (primary N) is 1. The summed E-state index contributed by atoms with van der Waals surface area (Å²) in [5, 5.41) is 18.5. The first-order valence-corrected chi connectivity index (χ1v) is 9.40. The Bertz CT molecular complexity index is 1490. The predicted molar refractivity (Wildman–Crippen MR) is 106 cm³/mol. The lowest BCUT2D eigenvalue weighted by Gasteiger charge is -2.05. The van der Waals surface area contributed by atoms with Gasteiger partial charge in [0.2, 0.25) is 11.8 Å². The number of hydrogen-bond donors (Lipinski definition) is 1. The maximum Gasteiger partial charge on any atom is 0.314 e. The maximum absolute atomic E-state index is 14.6. The van der Waals surface area contributed by atoms with Gasteiger partial charge in [-0.25, -0.2) is 13.8 Å². The number of nitrogens with zero attached hydrogens (tertiary/aromatic N) is 8. The summed E-state index contributed by atoms with van der Waals surface area (Å²) in [6.45, 7) is -0.235. The number of fused-ring (bicyclic) bond motifs is 1. The second kappa shape index (κ2) is 7.65. The van der Waals surface area contributed by atoms with Crippen LogP contribution in [0.4, 0.5) is 23.5 Å². The summed E-state index contributed by atoms with van der Waals surface area (Å²) in [5.41, 5.74) is 7.35. The lowest BCUT2D eigenvalue weighted by atomic mass is 10.1. The molecule has 0 aliphatic heterocycles. The molecule has 0 saturated carbocycles. The van der Waals surface area contributed by atoms with Crippen LogP contribution in [0.15, 0.2) is 34.7 Å². The van der Waals surface area contributed by atoms with Crippen LogP contribution in [0.25, 0.3) is 33.9 Å². The molecule has 168 valence electrons. The zero-order chi connectivity index (χ0) is 23.3. The van der Waals surface area contributed by atoms with E-state index in [1.165, 1.54) is 0 Å². The number of imidazole rings is 1. The molecule has 10 nitrogen and oxygen atoms in total. The first-order valence-electron chi connectivity index (χ1n) is 9.40. The van der Waals surface area contributed by atoms with Crippen LogP contribution in [0.2, 0.25) is 0 Å². The van der Waals surface area contributed by atoms with Crippen molar-refractivity contribution < 1.29 is 22.0 Å². The van der Waals surface area contributed by atoms with E-state index in [0.717, 1.165) is 22.4 Å². The summed E-state index contributed by atoms with van der Waals surface area (Å²) < 4.78 is 60.7. The molecule has 0 aliphatic rings. The Hall–Kier alpha value is -4.36. The highest BCUT2D eigenvalue weighted by atomic mass is 19.3. The Morgan fingerprint density at radius 2 is 1.88 bits per heavy atom. The summed E-state index contributed by atoms with van der Waals surface area (Å²) >= 11 is 0. The molecule has 0 saturated heterocycles. The lowest BCUT2D eigenvalue weighted by molar-refractivity contribution is 0.116. The van der Waals surface area contributed by atoms with Gasteiger partial charge < -0.3 is 14.7 Å². The highest BCUT2D eigenvalue weighted by molar-refractivity contribution is 5.82. The van der Waals surface area contributed by atoms with Gasteiger partial charge in [-0.3, -0.25) is 0 Å². The fraction of sp³-hybridized carbons (Fsp3) is 0.158. The van der Waals surface area contributed by atoms with Crippen molar-refractivity contribution in [2.45, 2.75) is 13.0 Å². The molecule has 0 unspecified atom stereocenters. The van der Waals surface area contributed by atoms with E-state index in [-0.39, 0.29) is 17.9 Å². The minimum atomic E-state index is -3.03. The quantitative estimate of drug-likeness (QED) is 0.397. The van der Waals surface area contributed by atoms with Gasteiger partial charge in [-0.2, -0.15) is 13.6 Å². The molecule has 14 heteroatoms. The zero-order valence-electron chi connectivity index (χ0n) is 16.7. The Kier molecular flexibility index (Phi) is 4.76. The van der Waals surface area contributed by atoms with Crippen LogP contribution >= 0.6 is 0 Å². The summed E-state index contributed by atoms with van der Waals surface area (Å²) in [7, 11) is 1.79. The van der Waals surface area contributed by atoms with Gasteiger partial charge in [0.25, 0.3) is 11.8 Å². The summed E-state index contributed by atoms with van der Waals surface area (Å²) in [6, 6.07) is 6.96. The fourth-order valence-electron chi connectivity index (χ4n) is 3.24. The van der Waals surface area contributed by atoms with E-state index in [9.17, 15) is 17.6 Å². The molecule has 2 aromatic carbocycles. The molecule has 0 spiro atoms. The van der Waals surface area contributed by atoms with Crippen LogP contribution in [0.5, 0.6) is 0 Å². The number of aromatic nitrogens is 8. The standard InChI is InChI=1S/C19H13F4N9O/c1-31-14-3-2-8(5-13(14)25-19(31)24)16-26-30-32(29-16)7-9-4-12(21)10(6-11(9)20)17-27-28-18(33-17)15(22)23/h2-6,15H,7H2,1H3,(H2,24,25). The smallest absolute Gasteiger partial charge is 0.314 e. The number of tetrazole rings is 1. The van der Waals surface area contributed by atoms with Crippen molar-refractivity contribution in [1.82, 2.24) is 40.0 Å². The Morgan fingerprint density at radius 3 is 2.64 bits per heavy atom. The van der Waals surface area contributed by atoms with Gasteiger partial charge in [0.15, 0.2) is 0 Å². The van der Waals surface area contributed by atoms with Crippen LogP contribution in [-0.4, -0.2) is 40.0 Å². The molecule has 2 N–H and O–H groups in total. The third-order valence-electron chi connectivity index (χ3n) is 4.93. The SMILES string of the molecule is Cn1c(N)nc2cc(-c3nnn(Cc4cc(F)c(-c5nnc(C(F)F)o5)cc4F)n3)ccc21. The average molecular weight is 459 g/mol. The van der Waals surface area contributed by atoms with Crippen LogP contribution in [-0.2, 0) is 13.6 Å². The highest BCUT2D eigenvalue weighted by Gasteiger charge is 2.21. The van der Waals surface area contributed by atoms with Gasteiger partial charge in [-0.05, 0) is 35.5 Å². The molecule has 5 rings (SSSR count). The number of halogens is 4. The first-order chi connectivity index (χ1) is 15.8. The van der Waals surface area contributed by atoms with Gasteiger partial charge in [0.05, 0.1) is 23.1 Å². The lowest BCUT2D eigenvalue weighted by Crippen LogP contribution is -2.07. The van der Waals surface area contributed by atoms with Gasteiger partial charge >= 0.3 is 6.43 Å². The number of rotatable bonds is 5. The summed E-state index contributed by atoms with van der Waals surface area (Å²) in [4.78, 5) is 5.34.